The highest BCUT2D eigenvalue weighted by molar-refractivity contribution is 6.05. The van der Waals surface area contributed by atoms with Gasteiger partial charge in [0.25, 0.3) is 5.91 Å². The minimum atomic E-state index is -0.0932. The van der Waals surface area contributed by atoms with Gasteiger partial charge in [-0.25, -0.2) is 0 Å². The lowest BCUT2D eigenvalue weighted by molar-refractivity contribution is -0.130. The van der Waals surface area contributed by atoms with E-state index in [0.29, 0.717) is 49.4 Å². The van der Waals surface area contributed by atoms with Crippen molar-refractivity contribution in [2.45, 2.75) is 46.1 Å². The normalized spacial score (nSPS) is 16.1. The highest BCUT2D eigenvalue weighted by atomic mass is 16.5. The van der Waals surface area contributed by atoms with Gasteiger partial charge in [0.2, 0.25) is 11.8 Å². The van der Waals surface area contributed by atoms with Crippen LogP contribution in [0.1, 0.15) is 49.4 Å². The zero-order valence-electron chi connectivity index (χ0n) is 18.8. The fourth-order valence-corrected chi connectivity index (χ4v) is 4.26. The molecule has 0 spiro atoms. The Morgan fingerprint density at radius 3 is 2.84 bits per heavy atom. The van der Waals surface area contributed by atoms with E-state index in [-0.39, 0.29) is 17.9 Å². The van der Waals surface area contributed by atoms with E-state index in [2.05, 4.69) is 29.0 Å². The number of fused-ring (bicyclic) bond motifs is 1. The Kier molecular flexibility index (Phi) is 6.48. The maximum Gasteiger partial charge on any atom is 0.273 e. The summed E-state index contributed by atoms with van der Waals surface area (Å²) in [6.45, 7) is 7.35. The van der Waals surface area contributed by atoms with Crippen LogP contribution in [0.4, 0.5) is 0 Å². The Hall–Kier alpha value is -3.29. The first-order chi connectivity index (χ1) is 15.4. The lowest BCUT2D eigenvalue weighted by Crippen LogP contribution is -2.43. The highest BCUT2D eigenvalue weighted by Crippen LogP contribution is 2.22. The van der Waals surface area contributed by atoms with Crippen LogP contribution in [0.25, 0.3) is 10.8 Å². The summed E-state index contributed by atoms with van der Waals surface area (Å²) >= 11 is 0. The van der Waals surface area contributed by atoms with Crippen molar-refractivity contribution in [1.29, 1.82) is 0 Å². The molecule has 8 nitrogen and oxygen atoms in total. The Labute approximate surface area is 187 Å². The number of carbonyl (C=O) groups excluding carboxylic acids is 2. The van der Waals surface area contributed by atoms with Crippen LogP contribution < -0.4 is 0 Å². The molecule has 32 heavy (non-hydrogen) atoms. The van der Waals surface area contributed by atoms with E-state index < -0.39 is 0 Å². The van der Waals surface area contributed by atoms with Gasteiger partial charge in [-0.1, -0.05) is 43.3 Å². The summed E-state index contributed by atoms with van der Waals surface area (Å²) in [6.07, 6.45) is 3.67. The second-order valence-electron chi connectivity index (χ2n) is 8.74. The molecule has 2 aromatic heterocycles. The number of carbonyl (C=O) groups is 2. The third-order valence-corrected chi connectivity index (χ3v) is 5.84. The zero-order chi connectivity index (χ0) is 22.7. The van der Waals surface area contributed by atoms with Crippen molar-refractivity contribution in [2.24, 2.45) is 5.92 Å². The SMILES string of the molecule is CC(=O)N(CCc1noc(CC(C)C)n1)C1CCN(C(=O)c2nccc3ccccc23)C1. The van der Waals surface area contributed by atoms with Crippen LogP contribution in [0.2, 0.25) is 0 Å². The molecule has 4 rings (SSSR count). The lowest BCUT2D eigenvalue weighted by atomic mass is 10.1. The summed E-state index contributed by atoms with van der Waals surface area (Å²) in [5.74, 6) is 1.57. The van der Waals surface area contributed by atoms with Gasteiger partial charge in [-0.2, -0.15) is 4.98 Å². The standard InChI is InChI=1S/C24H29N5O3/c1-16(2)14-22-26-21(27-32-22)10-13-29(17(3)30)19-9-12-28(15-19)24(31)23-20-7-5-4-6-18(20)8-11-25-23/h4-8,11,16,19H,9-10,12-15H2,1-3H3. The highest BCUT2D eigenvalue weighted by Gasteiger charge is 2.33. The number of benzene rings is 1. The largest absolute Gasteiger partial charge is 0.339 e. The number of rotatable bonds is 7. The van der Waals surface area contributed by atoms with Crippen LogP contribution in [0.15, 0.2) is 41.1 Å². The van der Waals surface area contributed by atoms with Gasteiger partial charge < -0.3 is 14.3 Å². The van der Waals surface area contributed by atoms with Crippen LogP contribution in [0.5, 0.6) is 0 Å². The molecule has 8 heteroatoms. The van der Waals surface area contributed by atoms with E-state index in [9.17, 15) is 9.59 Å². The third kappa shape index (κ3) is 4.79. The number of hydrogen-bond acceptors (Lipinski definition) is 6. The molecule has 0 bridgehead atoms. The lowest BCUT2D eigenvalue weighted by Gasteiger charge is -2.27. The quantitative estimate of drug-likeness (QED) is 0.566. The molecular weight excluding hydrogens is 406 g/mol. The van der Waals surface area contributed by atoms with E-state index in [1.54, 1.807) is 18.0 Å². The summed E-state index contributed by atoms with van der Waals surface area (Å²) in [5, 5.41) is 5.88. The first-order valence-electron chi connectivity index (χ1n) is 11.1. The third-order valence-electron chi connectivity index (χ3n) is 5.84. The number of aromatic nitrogens is 3. The van der Waals surface area contributed by atoms with Crippen molar-refractivity contribution in [3.05, 3.63) is 53.9 Å². The number of likely N-dealkylation sites (tertiary alicyclic amines) is 1. The molecule has 3 heterocycles. The summed E-state index contributed by atoms with van der Waals surface area (Å²) < 4.78 is 5.30. The molecule has 168 valence electrons. The van der Waals surface area contributed by atoms with Crippen LogP contribution in [0, 0.1) is 5.92 Å². The Morgan fingerprint density at radius 1 is 1.25 bits per heavy atom. The Morgan fingerprint density at radius 2 is 2.06 bits per heavy atom. The zero-order valence-corrected chi connectivity index (χ0v) is 18.8. The molecule has 1 aromatic carbocycles. The van der Waals surface area contributed by atoms with Gasteiger partial charge in [0.05, 0.1) is 6.04 Å². The van der Waals surface area contributed by atoms with Gasteiger partial charge in [-0.15, -0.1) is 0 Å². The van der Waals surface area contributed by atoms with E-state index in [0.717, 1.165) is 23.6 Å². The van der Waals surface area contributed by atoms with Gasteiger partial charge in [-0.3, -0.25) is 14.6 Å². The minimum absolute atomic E-state index is 0.0153. The van der Waals surface area contributed by atoms with Crippen molar-refractivity contribution < 1.29 is 14.1 Å². The Balaban J connectivity index is 1.41. The molecule has 2 amide bonds. The predicted octanol–water partition coefficient (Wildman–Crippen LogP) is 3.12. The molecule has 1 aliphatic heterocycles. The summed E-state index contributed by atoms with van der Waals surface area (Å²) in [5.41, 5.74) is 0.461. The monoisotopic (exact) mass is 435 g/mol. The first-order valence-corrected chi connectivity index (χ1v) is 11.1. The fourth-order valence-electron chi connectivity index (χ4n) is 4.26. The maximum atomic E-state index is 13.2. The molecule has 1 aliphatic rings. The topological polar surface area (TPSA) is 92.4 Å². The van der Waals surface area contributed by atoms with Crippen molar-refractivity contribution in [1.82, 2.24) is 24.9 Å². The summed E-state index contributed by atoms with van der Waals surface area (Å²) in [6, 6.07) is 9.62. The molecule has 1 fully saturated rings. The summed E-state index contributed by atoms with van der Waals surface area (Å²) in [7, 11) is 0. The maximum absolute atomic E-state index is 13.2. The van der Waals surface area contributed by atoms with Crippen molar-refractivity contribution in [3.8, 4) is 0 Å². The second kappa shape index (κ2) is 9.46. The number of pyridine rings is 1. The molecule has 1 unspecified atom stereocenters. The van der Waals surface area contributed by atoms with Crippen molar-refractivity contribution in [2.75, 3.05) is 19.6 Å². The van der Waals surface area contributed by atoms with Gasteiger partial charge in [0.1, 0.15) is 5.69 Å². The number of hydrogen-bond donors (Lipinski definition) is 0. The minimum Gasteiger partial charge on any atom is -0.339 e. The Bertz CT molecular complexity index is 1100. The number of amides is 2. The molecule has 0 saturated carbocycles. The van der Waals surface area contributed by atoms with Crippen molar-refractivity contribution in [3.63, 3.8) is 0 Å². The van der Waals surface area contributed by atoms with Crippen LogP contribution in [-0.2, 0) is 17.6 Å². The predicted molar refractivity (Wildman–Crippen MR) is 120 cm³/mol. The molecular formula is C24H29N5O3. The van der Waals surface area contributed by atoms with Crippen LogP contribution >= 0.6 is 0 Å². The van der Waals surface area contributed by atoms with Crippen molar-refractivity contribution >= 4 is 22.6 Å². The average Bonchev–Trinajstić information content (AvgIpc) is 3.42. The first kappa shape index (κ1) is 21.9. The van der Waals surface area contributed by atoms with E-state index >= 15 is 0 Å². The van der Waals surface area contributed by atoms with Crippen LogP contribution in [-0.4, -0.2) is 62.4 Å². The van der Waals surface area contributed by atoms with Gasteiger partial charge >= 0.3 is 0 Å². The molecule has 1 atom stereocenters. The van der Waals surface area contributed by atoms with E-state index in [4.69, 9.17) is 4.52 Å². The van der Waals surface area contributed by atoms with E-state index in [1.807, 2.05) is 35.2 Å². The van der Waals surface area contributed by atoms with E-state index in [1.165, 1.54) is 0 Å². The smallest absolute Gasteiger partial charge is 0.273 e. The van der Waals surface area contributed by atoms with Crippen LogP contribution in [0.3, 0.4) is 0 Å². The van der Waals surface area contributed by atoms with Gasteiger partial charge in [-0.05, 0) is 23.8 Å². The number of nitrogens with zero attached hydrogens (tertiary/aromatic N) is 5. The second-order valence-corrected chi connectivity index (χ2v) is 8.74. The van der Waals surface area contributed by atoms with Gasteiger partial charge in [0.15, 0.2) is 5.82 Å². The molecule has 0 N–H and O–H groups in total. The fraction of sp³-hybridized carbons (Fsp3) is 0.458. The molecule has 1 saturated heterocycles. The molecule has 3 aromatic rings. The molecule has 0 aliphatic carbocycles. The average molecular weight is 436 g/mol. The van der Waals surface area contributed by atoms with Gasteiger partial charge in [0, 0.05) is 51.0 Å². The molecule has 0 radical (unpaired) electrons. The summed E-state index contributed by atoms with van der Waals surface area (Å²) in [4.78, 5) is 38.0.